The summed E-state index contributed by atoms with van der Waals surface area (Å²) in [5.41, 5.74) is 1.17. The topological polar surface area (TPSA) is 46.2 Å². The first kappa shape index (κ1) is 14.3. The van der Waals surface area contributed by atoms with Gasteiger partial charge in [-0.25, -0.2) is 13.1 Å². The van der Waals surface area contributed by atoms with Crippen molar-refractivity contribution in [3.8, 4) is 12.3 Å². The Morgan fingerprint density at radius 3 is 2.52 bits per heavy atom. The van der Waals surface area contributed by atoms with Gasteiger partial charge in [-0.3, -0.25) is 0 Å². The van der Waals surface area contributed by atoms with Crippen molar-refractivity contribution in [2.45, 2.75) is 23.1 Å². The quantitative estimate of drug-likeness (QED) is 0.882. The van der Waals surface area contributed by atoms with Crippen LogP contribution in [0.2, 0.25) is 0 Å². The fourth-order valence-corrected chi connectivity index (χ4v) is 5.09. The number of sulfonamides is 1. The summed E-state index contributed by atoms with van der Waals surface area (Å²) >= 11 is 1.12. The minimum atomic E-state index is -3.49. The highest BCUT2D eigenvalue weighted by Crippen LogP contribution is 2.48. The van der Waals surface area contributed by atoms with Crippen molar-refractivity contribution in [3.05, 3.63) is 52.9 Å². The van der Waals surface area contributed by atoms with Crippen LogP contribution in [0.15, 0.2) is 46.7 Å². The Labute approximate surface area is 129 Å². The third-order valence-corrected chi connectivity index (χ3v) is 6.81. The first-order valence-corrected chi connectivity index (χ1v) is 8.96. The lowest BCUT2D eigenvalue weighted by Gasteiger charge is -2.04. The summed E-state index contributed by atoms with van der Waals surface area (Å²) in [5, 5.41) is 0. The molecule has 3 atom stereocenters. The number of thiophene rings is 1. The molecule has 1 saturated carbocycles. The molecule has 5 heteroatoms. The summed E-state index contributed by atoms with van der Waals surface area (Å²) in [6.07, 6.45) is 5.29. The van der Waals surface area contributed by atoms with Gasteiger partial charge in [0.1, 0.15) is 4.21 Å². The van der Waals surface area contributed by atoms with Gasteiger partial charge in [0.05, 0.1) is 4.88 Å². The van der Waals surface area contributed by atoms with E-state index in [1.165, 1.54) is 5.56 Å². The highest BCUT2D eigenvalue weighted by Gasteiger charge is 2.49. The minimum Gasteiger partial charge on any atom is -0.206 e. The third-order valence-electron chi connectivity index (χ3n) is 3.84. The predicted molar refractivity (Wildman–Crippen MR) is 84.7 cm³/mol. The number of benzene rings is 1. The Bertz CT molecular complexity index is 787. The molecule has 21 heavy (non-hydrogen) atoms. The Kier molecular flexibility index (Phi) is 3.62. The Morgan fingerprint density at radius 2 is 1.90 bits per heavy atom. The Balaban J connectivity index is 1.77. The van der Waals surface area contributed by atoms with Crippen LogP contribution in [0.3, 0.4) is 0 Å². The van der Waals surface area contributed by atoms with E-state index in [2.05, 4.69) is 17.6 Å². The molecular formula is C16H15NO2S2. The van der Waals surface area contributed by atoms with Gasteiger partial charge in [-0.1, -0.05) is 43.2 Å². The lowest BCUT2D eigenvalue weighted by Crippen LogP contribution is -2.27. The summed E-state index contributed by atoms with van der Waals surface area (Å²) in [5.74, 6) is 3.00. The zero-order valence-electron chi connectivity index (χ0n) is 11.5. The molecule has 2 aromatic rings. The van der Waals surface area contributed by atoms with E-state index in [-0.39, 0.29) is 16.2 Å². The van der Waals surface area contributed by atoms with E-state index in [1.807, 2.05) is 30.3 Å². The van der Waals surface area contributed by atoms with E-state index in [0.717, 1.165) is 11.3 Å². The van der Waals surface area contributed by atoms with Gasteiger partial charge < -0.3 is 0 Å². The molecule has 0 aliphatic heterocycles. The maximum absolute atomic E-state index is 12.4. The van der Waals surface area contributed by atoms with Crippen molar-refractivity contribution < 1.29 is 8.42 Å². The fraction of sp³-hybridized carbons (Fsp3) is 0.250. The Morgan fingerprint density at radius 1 is 1.19 bits per heavy atom. The van der Waals surface area contributed by atoms with Crippen molar-refractivity contribution >= 4 is 21.4 Å². The van der Waals surface area contributed by atoms with Crippen LogP contribution in [0.5, 0.6) is 0 Å². The highest BCUT2D eigenvalue weighted by molar-refractivity contribution is 7.91. The van der Waals surface area contributed by atoms with Gasteiger partial charge in [0.15, 0.2) is 0 Å². The monoisotopic (exact) mass is 317 g/mol. The molecule has 1 fully saturated rings. The molecule has 1 aliphatic carbocycles. The second kappa shape index (κ2) is 5.30. The standard InChI is InChI=1S/C16H15NO2S2/c1-3-13-9-10-14(20-13)21(18,19)17-16-11(2)15(16)12-7-5-4-6-8-12/h1,4-11,15-17H,2H3/t11-,15-,16+/m1/s1. The zero-order valence-corrected chi connectivity index (χ0v) is 13.1. The van der Waals surface area contributed by atoms with Crippen molar-refractivity contribution in [1.29, 1.82) is 0 Å². The van der Waals surface area contributed by atoms with Gasteiger partial charge in [0.2, 0.25) is 10.0 Å². The molecule has 108 valence electrons. The first-order valence-electron chi connectivity index (χ1n) is 6.66. The molecule has 0 saturated heterocycles. The average Bonchev–Trinajstić information content (AvgIpc) is 2.92. The van der Waals surface area contributed by atoms with Crippen LogP contribution in [-0.2, 0) is 10.0 Å². The number of hydrogen-bond acceptors (Lipinski definition) is 3. The summed E-state index contributed by atoms with van der Waals surface area (Å²) < 4.78 is 27.8. The third kappa shape index (κ3) is 2.75. The smallest absolute Gasteiger partial charge is 0.206 e. The van der Waals surface area contributed by atoms with E-state index < -0.39 is 10.0 Å². The summed E-state index contributed by atoms with van der Waals surface area (Å²) in [7, 11) is -3.49. The van der Waals surface area contributed by atoms with E-state index in [9.17, 15) is 8.42 Å². The number of nitrogens with one attached hydrogen (secondary N) is 1. The fourth-order valence-electron chi connectivity index (χ4n) is 2.61. The van der Waals surface area contributed by atoms with Crippen molar-refractivity contribution in [2.75, 3.05) is 0 Å². The predicted octanol–water partition coefficient (Wildman–Crippen LogP) is 2.81. The van der Waals surface area contributed by atoms with Crippen LogP contribution in [0.4, 0.5) is 0 Å². The normalized spacial score (nSPS) is 24.5. The molecule has 1 heterocycles. The average molecular weight is 317 g/mol. The molecule has 1 aromatic carbocycles. The van der Waals surface area contributed by atoms with Crippen LogP contribution >= 0.6 is 11.3 Å². The van der Waals surface area contributed by atoms with Crippen molar-refractivity contribution in [1.82, 2.24) is 4.72 Å². The second-order valence-electron chi connectivity index (χ2n) is 5.21. The highest BCUT2D eigenvalue weighted by atomic mass is 32.2. The molecule has 0 spiro atoms. The minimum absolute atomic E-state index is 0.0474. The molecule has 3 rings (SSSR count). The molecule has 1 aliphatic rings. The molecule has 3 nitrogen and oxygen atoms in total. The van der Waals surface area contributed by atoms with Gasteiger partial charge in [-0.15, -0.1) is 17.8 Å². The summed E-state index contributed by atoms with van der Waals surface area (Å²) in [4.78, 5) is 0.624. The van der Waals surface area contributed by atoms with Crippen LogP contribution in [-0.4, -0.2) is 14.5 Å². The molecule has 0 unspecified atom stereocenters. The van der Waals surface area contributed by atoms with Gasteiger partial charge in [0, 0.05) is 12.0 Å². The van der Waals surface area contributed by atoms with Gasteiger partial charge in [-0.2, -0.15) is 0 Å². The second-order valence-corrected chi connectivity index (χ2v) is 8.23. The molecule has 0 amide bonds. The van der Waals surface area contributed by atoms with Gasteiger partial charge >= 0.3 is 0 Å². The van der Waals surface area contributed by atoms with E-state index >= 15 is 0 Å². The van der Waals surface area contributed by atoms with Crippen LogP contribution in [0, 0.1) is 18.3 Å². The lowest BCUT2D eigenvalue weighted by molar-refractivity contribution is 0.580. The van der Waals surface area contributed by atoms with Gasteiger partial charge in [-0.05, 0) is 23.6 Å². The molecule has 1 aromatic heterocycles. The molecule has 0 radical (unpaired) electrons. The zero-order chi connectivity index (χ0) is 15.0. The van der Waals surface area contributed by atoms with Crippen molar-refractivity contribution in [3.63, 3.8) is 0 Å². The first-order chi connectivity index (χ1) is 10.0. The number of rotatable bonds is 4. The lowest BCUT2D eigenvalue weighted by atomic mass is 10.1. The number of terminal acetylenes is 1. The number of hydrogen-bond donors (Lipinski definition) is 1. The largest absolute Gasteiger partial charge is 0.250 e. The maximum atomic E-state index is 12.4. The SMILES string of the molecule is C#Cc1ccc(S(=O)(=O)N[C@H]2[C@H](C)[C@@H]2c2ccccc2)s1. The summed E-state index contributed by atoms with van der Waals surface area (Å²) in [6.45, 7) is 2.06. The molecule has 1 N–H and O–H groups in total. The maximum Gasteiger partial charge on any atom is 0.250 e. The van der Waals surface area contributed by atoms with E-state index in [1.54, 1.807) is 12.1 Å². The van der Waals surface area contributed by atoms with Crippen molar-refractivity contribution in [2.24, 2.45) is 5.92 Å². The van der Waals surface area contributed by atoms with Gasteiger partial charge in [0.25, 0.3) is 0 Å². The Hall–Kier alpha value is -1.61. The van der Waals surface area contributed by atoms with Crippen LogP contribution in [0.25, 0.3) is 0 Å². The van der Waals surface area contributed by atoms with Crippen LogP contribution in [0.1, 0.15) is 23.3 Å². The van der Waals surface area contributed by atoms with E-state index in [4.69, 9.17) is 6.42 Å². The molecule has 0 bridgehead atoms. The van der Waals surface area contributed by atoms with E-state index in [0.29, 0.717) is 10.8 Å². The van der Waals surface area contributed by atoms with Crippen LogP contribution < -0.4 is 4.72 Å². The summed E-state index contributed by atoms with van der Waals surface area (Å²) in [6, 6.07) is 13.2. The molecular weight excluding hydrogens is 302 g/mol.